The zero-order valence-corrected chi connectivity index (χ0v) is 8.74. The highest BCUT2D eigenvalue weighted by Gasteiger charge is 2.28. The van der Waals surface area contributed by atoms with Crippen LogP contribution in [0.3, 0.4) is 0 Å². The van der Waals surface area contributed by atoms with E-state index in [1.807, 2.05) is 6.08 Å². The van der Waals surface area contributed by atoms with E-state index < -0.39 is 0 Å². The summed E-state index contributed by atoms with van der Waals surface area (Å²) in [6, 6.07) is 9.53. The van der Waals surface area contributed by atoms with Crippen LogP contribution in [0.4, 0.5) is 0 Å². The van der Waals surface area contributed by atoms with Crippen molar-refractivity contribution in [2.24, 2.45) is 0 Å². The fraction of sp³-hybridized carbons (Fsp3) is 0.385. The second kappa shape index (κ2) is 3.97. The highest BCUT2D eigenvalue weighted by molar-refractivity contribution is 5.47. The predicted octanol–water partition coefficient (Wildman–Crippen LogP) is 2.58. The van der Waals surface area contributed by atoms with Gasteiger partial charge in [0.25, 0.3) is 0 Å². The topological polar surface area (TPSA) is 3.01 Å². The summed E-state index contributed by atoms with van der Waals surface area (Å²) < 4.78 is 0. The maximum Gasteiger partial charge on any atom is 0.0223 e. The van der Waals surface area contributed by atoms with E-state index in [1.54, 1.807) is 0 Å². The Kier molecular flexibility index (Phi) is 2.69. The summed E-state index contributed by atoms with van der Waals surface area (Å²) in [5.74, 6) is 0. The minimum Gasteiger partial charge on any atom is -0.301 e. The van der Waals surface area contributed by atoms with Gasteiger partial charge in [-0.3, -0.25) is 0 Å². The van der Waals surface area contributed by atoms with E-state index in [-0.39, 0.29) is 0 Å². The van der Waals surface area contributed by atoms with Crippen molar-refractivity contribution < 1.29 is 0 Å². The molecular formula is C13H17N. The summed E-state index contributed by atoms with van der Waals surface area (Å²) in [5.41, 5.74) is 2.65. The molecule has 0 aromatic heterocycles. The van der Waals surface area contributed by atoms with Gasteiger partial charge < -0.3 is 4.90 Å². The van der Waals surface area contributed by atoms with E-state index in [4.69, 9.17) is 0 Å². The highest BCUT2D eigenvalue weighted by Crippen LogP contribution is 2.19. The van der Waals surface area contributed by atoms with Crippen LogP contribution in [0, 0.1) is 0 Å². The van der Waals surface area contributed by atoms with Crippen LogP contribution in [-0.4, -0.2) is 24.5 Å². The Bertz CT molecular complexity index is 313. The quantitative estimate of drug-likeness (QED) is 0.655. The summed E-state index contributed by atoms with van der Waals surface area (Å²) in [6.45, 7) is 5.03. The number of nitrogens with zero attached hydrogens (tertiary/aromatic N) is 1. The first-order valence-corrected chi connectivity index (χ1v) is 5.21. The normalized spacial score (nSPS) is 24.6. The average molecular weight is 187 g/mol. The Hall–Kier alpha value is -1.08. The Balaban J connectivity index is 1.86. The Morgan fingerprint density at radius 3 is 2.57 bits per heavy atom. The maximum atomic E-state index is 3.75. The third-order valence-corrected chi connectivity index (χ3v) is 2.97. The molecule has 1 fully saturated rings. The maximum absolute atomic E-state index is 3.75. The molecule has 0 bridgehead atoms. The van der Waals surface area contributed by atoms with Crippen molar-refractivity contribution in [3.63, 3.8) is 0 Å². The van der Waals surface area contributed by atoms with Gasteiger partial charge in [0.15, 0.2) is 0 Å². The van der Waals surface area contributed by atoms with E-state index in [1.165, 1.54) is 30.5 Å². The standard InChI is InChI=1S/C13H17N/c1-3-11-4-6-12(7-5-11)8-9-13-10-14(13)2/h3-7,13H,1,8-10H2,2H3. The summed E-state index contributed by atoms with van der Waals surface area (Å²) in [6.07, 6.45) is 4.38. The number of rotatable bonds is 4. The second-order valence-corrected chi connectivity index (χ2v) is 4.08. The molecule has 2 atom stereocenters. The molecule has 1 aliphatic rings. The molecule has 74 valence electrons. The van der Waals surface area contributed by atoms with Crippen LogP contribution in [0.25, 0.3) is 6.08 Å². The molecule has 0 spiro atoms. The van der Waals surface area contributed by atoms with Gasteiger partial charge in [-0.2, -0.15) is 0 Å². The van der Waals surface area contributed by atoms with E-state index in [9.17, 15) is 0 Å². The van der Waals surface area contributed by atoms with Gasteiger partial charge in [0.2, 0.25) is 0 Å². The first-order chi connectivity index (χ1) is 6.79. The van der Waals surface area contributed by atoms with E-state index >= 15 is 0 Å². The smallest absolute Gasteiger partial charge is 0.0223 e. The van der Waals surface area contributed by atoms with Crippen molar-refractivity contribution in [1.82, 2.24) is 4.90 Å². The number of benzene rings is 1. The van der Waals surface area contributed by atoms with Crippen molar-refractivity contribution in [2.45, 2.75) is 18.9 Å². The lowest BCUT2D eigenvalue weighted by atomic mass is 10.1. The molecule has 0 radical (unpaired) electrons. The first-order valence-electron chi connectivity index (χ1n) is 5.21. The average Bonchev–Trinajstić information content (AvgIpc) is 2.92. The Labute approximate surface area is 86.1 Å². The molecule has 1 nitrogen and oxygen atoms in total. The summed E-state index contributed by atoms with van der Waals surface area (Å²) >= 11 is 0. The predicted molar refractivity (Wildman–Crippen MR) is 61.3 cm³/mol. The van der Waals surface area contributed by atoms with Crippen molar-refractivity contribution in [3.05, 3.63) is 42.0 Å². The molecule has 0 amide bonds. The molecule has 1 aromatic carbocycles. The van der Waals surface area contributed by atoms with E-state index in [0.29, 0.717) is 0 Å². The van der Waals surface area contributed by atoms with Crippen LogP contribution in [0.1, 0.15) is 17.5 Å². The molecule has 1 aliphatic heterocycles. The summed E-state index contributed by atoms with van der Waals surface area (Å²) in [4.78, 5) is 2.39. The van der Waals surface area contributed by atoms with Gasteiger partial charge in [0.1, 0.15) is 0 Å². The molecule has 1 aromatic rings. The minimum absolute atomic E-state index is 0.842. The van der Waals surface area contributed by atoms with Crippen LogP contribution in [-0.2, 0) is 6.42 Å². The lowest BCUT2D eigenvalue weighted by Crippen LogP contribution is -1.96. The molecule has 1 heterocycles. The van der Waals surface area contributed by atoms with Gasteiger partial charge >= 0.3 is 0 Å². The van der Waals surface area contributed by atoms with Gasteiger partial charge in [-0.25, -0.2) is 0 Å². The molecule has 2 unspecified atom stereocenters. The van der Waals surface area contributed by atoms with Crippen molar-refractivity contribution in [3.8, 4) is 0 Å². The summed E-state index contributed by atoms with van der Waals surface area (Å²) in [5, 5.41) is 0. The lowest BCUT2D eigenvalue weighted by molar-refractivity contribution is 0.587. The largest absolute Gasteiger partial charge is 0.301 e. The summed E-state index contributed by atoms with van der Waals surface area (Å²) in [7, 11) is 2.19. The van der Waals surface area contributed by atoms with Crippen molar-refractivity contribution in [1.29, 1.82) is 0 Å². The Morgan fingerprint density at radius 1 is 1.43 bits per heavy atom. The first kappa shape index (κ1) is 9.47. The SMILES string of the molecule is C=Cc1ccc(CCC2CN2C)cc1. The molecule has 1 heteroatoms. The van der Waals surface area contributed by atoms with Crippen molar-refractivity contribution in [2.75, 3.05) is 13.6 Å². The fourth-order valence-electron chi connectivity index (χ4n) is 1.75. The molecule has 0 saturated carbocycles. The van der Waals surface area contributed by atoms with Gasteiger partial charge in [-0.15, -0.1) is 0 Å². The van der Waals surface area contributed by atoms with Crippen LogP contribution in [0.2, 0.25) is 0 Å². The molecule has 14 heavy (non-hydrogen) atoms. The van der Waals surface area contributed by atoms with Gasteiger partial charge in [-0.1, -0.05) is 36.9 Å². The van der Waals surface area contributed by atoms with E-state index in [0.717, 1.165) is 6.04 Å². The van der Waals surface area contributed by atoms with Crippen LogP contribution < -0.4 is 0 Å². The Morgan fingerprint density at radius 2 is 2.07 bits per heavy atom. The second-order valence-electron chi connectivity index (χ2n) is 4.08. The number of aryl methyl sites for hydroxylation is 1. The van der Waals surface area contributed by atoms with Gasteiger partial charge in [0, 0.05) is 12.6 Å². The molecule has 0 N–H and O–H groups in total. The van der Waals surface area contributed by atoms with Crippen LogP contribution in [0.15, 0.2) is 30.8 Å². The minimum atomic E-state index is 0.842. The fourth-order valence-corrected chi connectivity index (χ4v) is 1.75. The molecule has 2 rings (SSSR count). The van der Waals surface area contributed by atoms with Crippen LogP contribution in [0.5, 0.6) is 0 Å². The molecule has 1 saturated heterocycles. The lowest BCUT2D eigenvalue weighted by Gasteiger charge is -2.01. The third-order valence-electron chi connectivity index (χ3n) is 2.97. The van der Waals surface area contributed by atoms with Gasteiger partial charge in [0.05, 0.1) is 0 Å². The van der Waals surface area contributed by atoms with Crippen molar-refractivity contribution >= 4 is 6.08 Å². The van der Waals surface area contributed by atoms with Gasteiger partial charge in [-0.05, 0) is 31.0 Å². The number of hydrogen-bond acceptors (Lipinski definition) is 1. The number of hydrogen-bond donors (Lipinski definition) is 0. The highest BCUT2D eigenvalue weighted by atomic mass is 15.3. The third kappa shape index (κ3) is 2.24. The van der Waals surface area contributed by atoms with E-state index in [2.05, 4.69) is 42.8 Å². The molecule has 0 aliphatic carbocycles. The number of likely N-dealkylation sites (N-methyl/N-ethyl adjacent to an activating group) is 1. The zero-order valence-electron chi connectivity index (χ0n) is 8.74. The van der Waals surface area contributed by atoms with Crippen LogP contribution >= 0.6 is 0 Å². The monoisotopic (exact) mass is 187 g/mol. The molecular weight excluding hydrogens is 170 g/mol. The zero-order chi connectivity index (χ0) is 9.97.